The van der Waals surface area contributed by atoms with Gasteiger partial charge in [0.25, 0.3) is 0 Å². The lowest BCUT2D eigenvalue weighted by atomic mass is 10.1. The highest BCUT2D eigenvalue weighted by molar-refractivity contribution is 5.78. The number of rotatable bonds is 6. The summed E-state index contributed by atoms with van der Waals surface area (Å²) in [5.41, 5.74) is 0.959. The molecule has 91 valence electrons. The van der Waals surface area contributed by atoms with E-state index in [1.165, 1.54) is 0 Å². The minimum Gasteiger partial charge on any atom is -0.461 e. The molecule has 1 atom stereocenters. The van der Waals surface area contributed by atoms with E-state index in [-0.39, 0.29) is 6.10 Å². The Balaban J connectivity index is 2.66. The van der Waals surface area contributed by atoms with Gasteiger partial charge in [0.2, 0.25) is 0 Å². The summed E-state index contributed by atoms with van der Waals surface area (Å²) in [6, 6.07) is 8.75. The molecule has 0 saturated heterocycles. The predicted octanol–water partition coefficient (Wildman–Crippen LogP) is 1.21. The van der Waals surface area contributed by atoms with Crippen molar-refractivity contribution < 1.29 is 14.3 Å². The summed E-state index contributed by atoms with van der Waals surface area (Å²) < 4.78 is 5.06. The Bertz CT molecular complexity index is 362. The van der Waals surface area contributed by atoms with Crippen LogP contribution in [0.25, 0.3) is 0 Å². The van der Waals surface area contributed by atoms with Gasteiger partial charge < -0.3 is 10.1 Å². The maximum absolute atomic E-state index is 11.7. The average molecular weight is 234 g/mol. The summed E-state index contributed by atoms with van der Waals surface area (Å²) in [6.45, 7) is 3.53. The molecule has 0 aliphatic heterocycles. The topological polar surface area (TPSA) is 55.4 Å². The molecule has 0 saturated carbocycles. The molecule has 1 rings (SSSR count). The van der Waals surface area contributed by atoms with Gasteiger partial charge in [0.1, 0.15) is 6.04 Å². The summed E-state index contributed by atoms with van der Waals surface area (Å²) >= 11 is 0. The van der Waals surface area contributed by atoms with Crippen LogP contribution in [0.1, 0.15) is 19.4 Å². The molecule has 4 nitrogen and oxygen atoms in total. The van der Waals surface area contributed by atoms with Crippen LogP contribution in [0.15, 0.2) is 30.3 Å². The Labute approximate surface area is 101 Å². The van der Waals surface area contributed by atoms with Crippen LogP contribution < -0.4 is 5.32 Å². The fraction of sp³-hybridized carbons (Fsp3) is 0.385. The predicted molar refractivity (Wildman–Crippen MR) is 64.0 cm³/mol. The first-order valence-electron chi connectivity index (χ1n) is 5.50. The van der Waals surface area contributed by atoms with E-state index in [4.69, 9.17) is 4.74 Å². The van der Waals surface area contributed by atoms with Gasteiger partial charge in [0.15, 0.2) is 0 Å². The Morgan fingerprint density at radius 2 is 2.00 bits per heavy atom. The van der Waals surface area contributed by atoms with E-state index in [1.54, 1.807) is 20.3 Å². The average Bonchev–Trinajstić information content (AvgIpc) is 2.29. The Kier molecular flexibility index (Phi) is 5.20. The highest BCUT2D eigenvalue weighted by Gasteiger charge is 2.20. The SMILES string of the molecule is CC(C)OC(=O)C(Cc1ccccc1)N[C]=O. The number of ether oxygens (including phenoxy) is 1. The minimum absolute atomic E-state index is 0.200. The van der Waals surface area contributed by atoms with Gasteiger partial charge in [-0.05, 0) is 19.4 Å². The lowest BCUT2D eigenvalue weighted by molar-refractivity contribution is -0.149. The zero-order chi connectivity index (χ0) is 12.7. The van der Waals surface area contributed by atoms with E-state index in [2.05, 4.69) is 5.32 Å². The van der Waals surface area contributed by atoms with Crippen LogP contribution in [0.2, 0.25) is 0 Å². The molecule has 0 fully saturated rings. The fourth-order valence-electron chi connectivity index (χ4n) is 1.43. The van der Waals surface area contributed by atoms with Gasteiger partial charge in [-0.15, -0.1) is 0 Å². The smallest absolute Gasteiger partial charge is 0.329 e. The van der Waals surface area contributed by atoms with Crippen molar-refractivity contribution in [3.63, 3.8) is 0 Å². The van der Waals surface area contributed by atoms with Crippen LogP contribution in [-0.4, -0.2) is 24.5 Å². The molecule has 1 radical (unpaired) electrons. The molecule has 1 unspecified atom stereocenters. The Morgan fingerprint density at radius 1 is 1.35 bits per heavy atom. The van der Waals surface area contributed by atoms with Crippen molar-refractivity contribution in [1.29, 1.82) is 0 Å². The highest BCUT2D eigenvalue weighted by Crippen LogP contribution is 2.05. The monoisotopic (exact) mass is 234 g/mol. The van der Waals surface area contributed by atoms with Gasteiger partial charge in [0.05, 0.1) is 6.10 Å². The largest absolute Gasteiger partial charge is 0.461 e. The van der Waals surface area contributed by atoms with Gasteiger partial charge >= 0.3 is 12.4 Å². The van der Waals surface area contributed by atoms with Crippen LogP contribution in [-0.2, 0) is 20.7 Å². The molecule has 0 bridgehead atoms. The van der Waals surface area contributed by atoms with Crippen molar-refractivity contribution in [2.45, 2.75) is 32.4 Å². The van der Waals surface area contributed by atoms with E-state index in [0.717, 1.165) is 5.56 Å². The summed E-state index contributed by atoms with van der Waals surface area (Å²) in [5.74, 6) is -0.438. The van der Waals surface area contributed by atoms with Crippen LogP contribution in [0.4, 0.5) is 0 Å². The number of carbonyl (C=O) groups is 1. The first-order chi connectivity index (χ1) is 8.13. The number of nitrogens with one attached hydrogen (secondary N) is 1. The van der Waals surface area contributed by atoms with Crippen molar-refractivity contribution in [2.24, 2.45) is 0 Å². The molecular weight excluding hydrogens is 218 g/mol. The Hall–Kier alpha value is -1.84. The van der Waals surface area contributed by atoms with Crippen molar-refractivity contribution in [2.75, 3.05) is 0 Å². The second kappa shape index (κ2) is 6.68. The number of hydrogen-bond acceptors (Lipinski definition) is 3. The molecule has 1 aromatic rings. The molecule has 0 aliphatic rings. The lowest BCUT2D eigenvalue weighted by Crippen LogP contribution is -2.40. The third kappa shape index (κ3) is 4.68. The summed E-state index contributed by atoms with van der Waals surface area (Å²) in [5, 5.41) is 2.36. The van der Waals surface area contributed by atoms with E-state index in [0.29, 0.717) is 6.42 Å². The maximum Gasteiger partial charge on any atom is 0.329 e. The van der Waals surface area contributed by atoms with E-state index in [1.807, 2.05) is 30.3 Å². The molecule has 0 aliphatic carbocycles. The highest BCUT2D eigenvalue weighted by atomic mass is 16.5. The van der Waals surface area contributed by atoms with Gasteiger partial charge in [-0.25, -0.2) is 4.79 Å². The standard InChI is InChI=1S/C13H16NO3/c1-10(2)17-13(16)12(14-9-15)8-11-6-4-3-5-7-11/h3-7,10,12H,8H2,1-2H3,(H,14,15). The molecule has 0 aromatic heterocycles. The fourth-order valence-corrected chi connectivity index (χ4v) is 1.43. The van der Waals surface area contributed by atoms with Crippen molar-refractivity contribution in [1.82, 2.24) is 5.32 Å². The van der Waals surface area contributed by atoms with Crippen molar-refractivity contribution in [3.05, 3.63) is 35.9 Å². The summed E-state index contributed by atoms with van der Waals surface area (Å²) in [7, 11) is 0. The van der Waals surface area contributed by atoms with Crippen LogP contribution >= 0.6 is 0 Å². The quantitative estimate of drug-likeness (QED) is 0.594. The third-order valence-electron chi connectivity index (χ3n) is 2.15. The number of benzene rings is 1. The Morgan fingerprint density at radius 3 is 2.53 bits per heavy atom. The molecule has 1 amide bonds. The lowest BCUT2D eigenvalue weighted by Gasteiger charge is -2.16. The van der Waals surface area contributed by atoms with Crippen LogP contribution in [0, 0.1) is 0 Å². The van der Waals surface area contributed by atoms with Gasteiger partial charge in [-0.3, -0.25) is 4.79 Å². The third-order valence-corrected chi connectivity index (χ3v) is 2.15. The van der Waals surface area contributed by atoms with E-state index >= 15 is 0 Å². The zero-order valence-electron chi connectivity index (χ0n) is 9.97. The first kappa shape index (κ1) is 13.2. The molecule has 17 heavy (non-hydrogen) atoms. The molecule has 1 N–H and O–H groups in total. The number of amides is 1. The number of carbonyl (C=O) groups excluding carboxylic acids is 2. The normalized spacial score (nSPS) is 11.9. The summed E-state index contributed by atoms with van der Waals surface area (Å²) in [4.78, 5) is 22.0. The van der Waals surface area contributed by atoms with E-state index in [9.17, 15) is 9.59 Å². The second-order valence-electron chi connectivity index (χ2n) is 3.97. The first-order valence-corrected chi connectivity index (χ1v) is 5.50. The second-order valence-corrected chi connectivity index (χ2v) is 3.97. The van der Waals surface area contributed by atoms with Crippen LogP contribution in [0.5, 0.6) is 0 Å². The number of esters is 1. The molecular formula is C13H16NO3. The molecule has 0 heterocycles. The minimum atomic E-state index is -0.683. The van der Waals surface area contributed by atoms with E-state index < -0.39 is 12.0 Å². The maximum atomic E-state index is 11.7. The zero-order valence-corrected chi connectivity index (χ0v) is 9.97. The molecule has 4 heteroatoms. The molecule has 0 spiro atoms. The summed E-state index contributed by atoms with van der Waals surface area (Å²) in [6.07, 6.45) is 1.75. The van der Waals surface area contributed by atoms with Gasteiger partial charge in [-0.1, -0.05) is 30.3 Å². The number of hydrogen-bond donors (Lipinski definition) is 1. The van der Waals surface area contributed by atoms with Gasteiger partial charge in [0, 0.05) is 6.42 Å². The van der Waals surface area contributed by atoms with Crippen molar-refractivity contribution >= 4 is 12.4 Å². The van der Waals surface area contributed by atoms with Crippen molar-refractivity contribution in [3.8, 4) is 0 Å². The van der Waals surface area contributed by atoms with Gasteiger partial charge in [-0.2, -0.15) is 0 Å². The van der Waals surface area contributed by atoms with Crippen LogP contribution in [0.3, 0.4) is 0 Å². The molecule has 1 aromatic carbocycles.